The van der Waals surface area contributed by atoms with Gasteiger partial charge in [-0.2, -0.15) is 0 Å². The number of hydrogen-bond donors (Lipinski definition) is 2. The Hall–Kier alpha value is -2.61. The second-order valence-electron chi connectivity index (χ2n) is 6.38. The van der Waals surface area contributed by atoms with E-state index in [-0.39, 0.29) is 16.7 Å². The Balaban J connectivity index is 1.55. The molecule has 0 radical (unpaired) electrons. The Bertz CT molecular complexity index is 842. The Morgan fingerprint density at radius 3 is 2.89 bits per heavy atom. The van der Waals surface area contributed by atoms with E-state index in [1.807, 2.05) is 18.2 Å². The smallest absolute Gasteiger partial charge is 0.269 e. The maximum Gasteiger partial charge on any atom is 0.269 e. The fourth-order valence-corrected chi connectivity index (χ4v) is 3.69. The molecule has 2 aromatic rings. The molecule has 7 nitrogen and oxygen atoms in total. The number of para-hydroxylation sites is 1. The number of halogens is 1. The monoisotopic (exact) mass is 431 g/mol. The van der Waals surface area contributed by atoms with Gasteiger partial charge in [0, 0.05) is 49.3 Å². The standard InChI is InChI=1S/C19H22BrN5O2/c1-21-19(22-12-14-5-4-6-16(11-14)25(26)27)23-15-9-10-24(13-15)18-8-3-2-7-17(18)20/h2-8,11,15H,9-10,12-13H2,1H3,(H2,21,22,23). The van der Waals surface area contributed by atoms with Crippen molar-refractivity contribution in [1.29, 1.82) is 0 Å². The van der Waals surface area contributed by atoms with E-state index in [2.05, 4.69) is 48.6 Å². The van der Waals surface area contributed by atoms with E-state index in [0.29, 0.717) is 12.5 Å². The predicted molar refractivity (Wildman–Crippen MR) is 111 cm³/mol. The van der Waals surface area contributed by atoms with Crippen LogP contribution in [0.1, 0.15) is 12.0 Å². The summed E-state index contributed by atoms with van der Waals surface area (Å²) in [5, 5.41) is 17.6. The fourth-order valence-electron chi connectivity index (χ4n) is 3.16. The lowest BCUT2D eigenvalue weighted by Crippen LogP contribution is -2.44. The quantitative estimate of drug-likeness (QED) is 0.328. The summed E-state index contributed by atoms with van der Waals surface area (Å²) < 4.78 is 1.10. The fraction of sp³-hybridized carbons (Fsp3) is 0.316. The molecule has 1 unspecified atom stereocenters. The molecule has 0 aromatic heterocycles. The maximum absolute atomic E-state index is 10.9. The third-order valence-electron chi connectivity index (χ3n) is 4.53. The lowest BCUT2D eigenvalue weighted by Gasteiger charge is -2.21. The molecule has 0 aliphatic carbocycles. The number of rotatable bonds is 5. The average Bonchev–Trinajstić information content (AvgIpc) is 3.14. The van der Waals surface area contributed by atoms with Gasteiger partial charge in [-0.1, -0.05) is 24.3 Å². The van der Waals surface area contributed by atoms with Crippen LogP contribution in [0.25, 0.3) is 0 Å². The van der Waals surface area contributed by atoms with Gasteiger partial charge in [0.1, 0.15) is 0 Å². The van der Waals surface area contributed by atoms with Crippen molar-refractivity contribution in [2.75, 3.05) is 25.0 Å². The molecule has 1 saturated heterocycles. The highest BCUT2D eigenvalue weighted by Gasteiger charge is 2.24. The summed E-state index contributed by atoms with van der Waals surface area (Å²) in [4.78, 5) is 17.1. The van der Waals surface area contributed by atoms with Crippen LogP contribution in [-0.4, -0.2) is 37.1 Å². The first-order valence-corrected chi connectivity index (χ1v) is 9.56. The number of nitro benzene ring substituents is 1. The van der Waals surface area contributed by atoms with Crippen molar-refractivity contribution in [3.8, 4) is 0 Å². The highest BCUT2D eigenvalue weighted by molar-refractivity contribution is 9.10. The highest BCUT2D eigenvalue weighted by atomic mass is 79.9. The van der Waals surface area contributed by atoms with Crippen molar-refractivity contribution in [3.05, 3.63) is 68.7 Å². The summed E-state index contributed by atoms with van der Waals surface area (Å²) >= 11 is 3.61. The molecule has 1 heterocycles. The molecule has 8 heteroatoms. The minimum Gasteiger partial charge on any atom is -0.368 e. The Morgan fingerprint density at radius 1 is 1.33 bits per heavy atom. The Kier molecular flexibility index (Phi) is 6.28. The summed E-state index contributed by atoms with van der Waals surface area (Å²) in [6, 6.07) is 15.1. The normalized spacial score (nSPS) is 17.0. The molecular formula is C19H22BrN5O2. The van der Waals surface area contributed by atoms with Crippen LogP contribution in [0.3, 0.4) is 0 Å². The average molecular weight is 432 g/mol. The number of nitrogens with one attached hydrogen (secondary N) is 2. The third-order valence-corrected chi connectivity index (χ3v) is 5.20. The van der Waals surface area contributed by atoms with Crippen LogP contribution >= 0.6 is 15.9 Å². The predicted octanol–water partition coefficient (Wildman–Crippen LogP) is 3.30. The van der Waals surface area contributed by atoms with Crippen molar-refractivity contribution in [3.63, 3.8) is 0 Å². The lowest BCUT2D eigenvalue weighted by molar-refractivity contribution is -0.384. The SMILES string of the molecule is CN=C(NCc1cccc([N+](=O)[O-])c1)NC1CCN(c2ccccc2Br)C1. The zero-order valence-electron chi connectivity index (χ0n) is 15.1. The molecule has 3 rings (SSSR count). The summed E-state index contributed by atoms with van der Waals surface area (Å²) in [5.41, 5.74) is 2.13. The van der Waals surface area contributed by atoms with Crippen LogP contribution < -0.4 is 15.5 Å². The van der Waals surface area contributed by atoms with E-state index in [9.17, 15) is 10.1 Å². The molecule has 0 saturated carbocycles. The number of hydrogen-bond acceptors (Lipinski definition) is 4. The number of nitrogens with zero attached hydrogens (tertiary/aromatic N) is 3. The topological polar surface area (TPSA) is 82.8 Å². The number of guanidine groups is 1. The first-order valence-electron chi connectivity index (χ1n) is 8.77. The first kappa shape index (κ1) is 19.2. The highest BCUT2D eigenvalue weighted by Crippen LogP contribution is 2.28. The zero-order valence-corrected chi connectivity index (χ0v) is 16.6. The second-order valence-corrected chi connectivity index (χ2v) is 7.23. The maximum atomic E-state index is 10.9. The van der Waals surface area contributed by atoms with Gasteiger partial charge < -0.3 is 15.5 Å². The second kappa shape index (κ2) is 8.85. The summed E-state index contributed by atoms with van der Waals surface area (Å²) in [6.45, 7) is 2.34. The van der Waals surface area contributed by atoms with E-state index in [0.717, 1.165) is 29.5 Å². The van der Waals surface area contributed by atoms with Crippen LogP contribution in [0.15, 0.2) is 58.0 Å². The molecule has 1 fully saturated rings. The molecule has 1 aliphatic heterocycles. The Labute approximate surface area is 166 Å². The van der Waals surface area contributed by atoms with E-state index in [1.54, 1.807) is 19.2 Å². The molecule has 1 atom stereocenters. The van der Waals surface area contributed by atoms with Gasteiger partial charge >= 0.3 is 0 Å². The van der Waals surface area contributed by atoms with Gasteiger partial charge in [-0.25, -0.2) is 0 Å². The van der Waals surface area contributed by atoms with Crippen LogP contribution in [0, 0.1) is 10.1 Å². The van der Waals surface area contributed by atoms with Crippen LogP contribution in [0.4, 0.5) is 11.4 Å². The van der Waals surface area contributed by atoms with Crippen molar-refractivity contribution >= 4 is 33.3 Å². The van der Waals surface area contributed by atoms with Crippen molar-refractivity contribution in [2.24, 2.45) is 4.99 Å². The van der Waals surface area contributed by atoms with Crippen LogP contribution in [0.5, 0.6) is 0 Å². The Morgan fingerprint density at radius 2 is 2.15 bits per heavy atom. The number of anilines is 1. The van der Waals surface area contributed by atoms with Crippen molar-refractivity contribution < 1.29 is 4.92 Å². The molecule has 1 aliphatic rings. The van der Waals surface area contributed by atoms with Crippen molar-refractivity contribution in [1.82, 2.24) is 10.6 Å². The molecule has 2 aromatic carbocycles. The summed E-state index contributed by atoms with van der Waals surface area (Å²) in [6.07, 6.45) is 1.01. The summed E-state index contributed by atoms with van der Waals surface area (Å²) in [5.74, 6) is 0.695. The first-order chi connectivity index (χ1) is 13.1. The largest absolute Gasteiger partial charge is 0.368 e. The number of nitro groups is 1. The molecular weight excluding hydrogens is 410 g/mol. The van der Waals surface area contributed by atoms with Crippen molar-refractivity contribution in [2.45, 2.75) is 19.0 Å². The number of non-ortho nitro benzene ring substituents is 1. The summed E-state index contributed by atoms with van der Waals surface area (Å²) in [7, 11) is 1.73. The number of aliphatic imine (C=N–C) groups is 1. The zero-order chi connectivity index (χ0) is 19.2. The van der Waals surface area contributed by atoms with Gasteiger partial charge in [-0.15, -0.1) is 0 Å². The number of benzene rings is 2. The van der Waals surface area contributed by atoms with E-state index in [4.69, 9.17) is 0 Å². The van der Waals surface area contributed by atoms with E-state index >= 15 is 0 Å². The molecule has 142 valence electrons. The van der Waals surface area contributed by atoms with Gasteiger partial charge in [0.15, 0.2) is 5.96 Å². The van der Waals surface area contributed by atoms with Crippen LogP contribution in [0.2, 0.25) is 0 Å². The lowest BCUT2D eigenvalue weighted by atomic mass is 10.2. The van der Waals surface area contributed by atoms with Crippen LogP contribution in [-0.2, 0) is 6.54 Å². The van der Waals surface area contributed by atoms with Gasteiger partial charge in [0.05, 0.1) is 10.6 Å². The third kappa shape index (κ3) is 4.97. The van der Waals surface area contributed by atoms with E-state index < -0.39 is 0 Å². The van der Waals surface area contributed by atoms with Gasteiger partial charge in [0.25, 0.3) is 5.69 Å². The minimum absolute atomic E-state index is 0.0946. The molecule has 0 bridgehead atoms. The van der Waals surface area contributed by atoms with Gasteiger partial charge in [0.2, 0.25) is 0 Å². The molecule has 27 heavy (non-hydrogen) atoms. The van der Waals surface area contributed by atoms with Gasteiger partial charge in [-0.3, -0.25) is 15.1 Å². The molecule has 0 spiro atoms. The van der Waals surface area contributed by atoms with Gasteiger partial charge in [-0.05, 0) is 40.0 Å². The van der Waals surface area contributed by atoms with E-state index in [1.165, 1.54) is 11.8 Å². The molecule has 2 N–H and O–H groups in total. The minimum atomic E-state index is -0.384. The molecule has 0 amide bonds.